The topological polar surface area (TPSA) is 13.1 Å². The van der Waals surface area contributed by atoms with E-state index in [0.29, 0.717) is 43.8 Å². The molecule has 0 unspecified atom stereocenters. The number of benzene rings is 9. The number of furan rings is 1. The smallest absolute Gasteiger partial charge is 0.143 e. The minimum atomic E-state index is -0.647. The molecule has 1 heterocycles. The molecule has 0 aliphatic heterocycles. The van der Waals surface area contributed by atoms with Gasteiger partial charge in [0.05, 0.1) is 24.7 Å². The van der Waals surface area contributed by atoms with Gasteiger partial charge in [-0.15, -0.1) is 0 Å². The first-order valence-electron chi connectivity index (χ1n) is 24.4. The van der Waals surface area contributed by atoms with Crippen molar-refractivity contribution in [2.75, 3.05) is 0 Å². The molecule has 228 valence electrons. The van der Waals surface area contributed by atoms with Gasteiger partial charge < -0.3 is 4.42 Å². The Hall–Kier alpha value is -6.44. The van der Waals surface area contributed by atoms with Gasteiger partial charge in [-0.2, -0.15) is 0 Å². The van der Waals surface area contributed by atoms with Gasteiger partial charge in [0, 0.05) is 16.2 Å². The highest BCUT2D eigenvalue weighted by Crippen LogP contribution is 2.48. The van der Waals surface area contributed by atoms with Gasteiger partial charge in [0.15, 0.2) is 0 Å². The predicted molar refractivity (Wildman–Crippen MR) is 208 cm³/mol. The van der Waals surface area contributed by atoms with Crippen LogP contribution in [0.3, 0.4) is 0 Å². The molecule has 1 nitrogen and oxygen atoms in total. The lowest BCUT2D eigenvalue weighted by atomic mass is 9.83. The maximum absolute atomic E-state index is 9.54. The Kier molecular flexibility index (Phi) is 3.43. The van der Waals surface area contributed by atoms with Crippen LogP contribution in [0.4, 0.5) is 0 Å². The van der Waals surface area contributed by atoms with E-state index in [-0.39, 0.29) is 67.0 Å². The van der Waals surface area contributed by atoms with Crippen molar-refractivity contribution < 1.29 is 29.1 Å². The highest BCUT2D eigenvalue weighted by molar-refractivity contribution is 6.27. The molecule has 0 aliphatic rings. The molecule has 0 aliphatic carbocycles. The first kappa shape index (κ1) is 15.2. The van der Waals surface area contributed by atoms with Crippen molar-refractivity contribution in [2.24, 2.45) is 0 Å². The van der Waals surface area contributed by atoms with Gasteiger partial charge >= 0.3 is 0 Å². The van der Waals surface area contributed by atoms with Crippen molar-refractivity contribution in [3.8, 4) is 44.5 Å². The van der Waals surface area contributed by atoms with Crippen LogP contribution in [0.2, 0.25) is 0 Å². The van der Waals surface area contributed by atoms with Crippen molar-refractivity contribution >= 4 is 54.3 Å². The lowest BCUT2D eigenvalue weighted by Gasteiger charge is -2.20. The highest BCUT2D eigenvalue weighted by Gasteiger charge is 2.22. The summed E-state index contributed by atoms with van der Waals surface area (Å²) in [7, 11) is 0. The largest absolute Gasteiger partial charge is 0.455 e. The molecule has 1 aromatic heterocycles. The molecule has 0 radical (unpaired) electrons. The fourth-order valence-corrected chi connectivity index (χ4v) is 6.84. The molecule has 0 N–H and O–H groups in total. The van der Waals surface area contributed by atoms with Crippen LogP contribution in [-0.4, -0.2) is 0 Å². The molecule has 49 heavy (non-hydrogen) atoms. The number of fused-ring (bicyclic) bond motifs is 7. The van der Waals surface area contributed by atoms with Gasteiger partial charge in [0.1, 0.15) is 11.2 Å². The Balaban J connectivity index is 1.36. The lowest BCUT2D eigenvalue weighted by Crippen LogP contribution is -1.93. The van der Waals surface area contributed by atoms with Gasteiger partial charge in [-0.05, 0) is 95.7 Å². The third kappa shape index (κ3) is 4.33. The van der Waals surface area contributed by atoms with Gasteiger partial charge in [-0.1, -0.05) is 157 Å². The molecule has 0 fully saturated rings. The second-order valence-corrected chi connectivity index (χ2v) is 11.5. The van der Waals surface area contributed by atoms with Crippen molar-refractivity contribution in [3.05, 3.63) is 182 Å². The summed E-state index contributed by atoms with van der Waals surface area (Å²) < 4.78 is 165. The average Bonchev–Trinajstić information content (AvgIpc) is 3.72. The van der Waals surface area contributed by atoms with Crippen LogP contribution in [0.5, 0.6) is 0 Å². The van der Waals surface area contributed by atoms with E-state index >= 15 is 0 Å². The molecule has 0 saturated heterocycles. The maximum Gasteiger partial charge on any atom is 0.143 e. The van der Waals surface area contributed by atoms with E-state index < -0.39 is 96.7 Å². The molecule has 0 spiro atoms. The number of hydrogen-bond donors (Lipinski definition) is 0. The zero-order valence-electron chi connectivity index (χ0n) is 43.3. The van der Waals surface area contributed by atoms with E-state index in [0.717, 1.165) is 0 Å². The summed E-state index contributed by atoms with van der Waals surface area (Å²) in [5, 5.41) is 1.62. The lowest BCUT2D eigenvalue weighted by molar-refractivity contribution is 0.673. The summed E-state index contributed by atoms with van der Waals surface area (Å²) in [6, 6.07) is 9.78. The molecule has 0 amide bonds. The molecule has 10 aromatic rings. The first-order chi connectivity index (χ1) is 31.8. The van der Waals surface area contributed by atoms with Crippen LogP contribution >= 0.6 is 0 Å². The normalized spacial score (nSPS) is 16.8. The zero-order valence-corrected chi connectivity index (χ0v) is 25.3. The first-order valence-corrected chi connectivity index (χ1v) is 15.4. The Morgan fingerprint density at radius 3 is 1.61 bits per heavy atom. The molecule has 0 saturated carbocycles. The third-order valence-electron chi connectivity index (χ3n) is 8.88. The maximum atomic E-state index is 9.54. The quantitative estimate of drug-likeness (QED) is 0.174. The highest BCUT2D eigenvalue weighted by atomic mass is 16.3. The van der Waals surface area contributed by atoms with Crippen LogP contribution in [0.15, 0.2) is 186 Å². The Bertz CT molecular complexity index is 3770. The summed E-state index contributed by atoms with van der Waals surface area (Å²) in [5.74, 6) is 0. The van der Waals surface area contributed by atoms with Crippen molar-refractivity contribution in [1.82, 2.24) is 0 Å². The summed E-state index contributed by atoms with van der Waals surface area (Å²) in [6.07, 6.45) is 0. The Labute approximate surface area is 309 Å². The fourth-order valence-electron chi connectivity index (χ4n) is 6.84. The van der Waals surface area contributed by atoms with E-state index in [4.69, 9.17) is 23.6 Å². The van der Waals surface area contributed by atoms with E-state index in [2.05, 4.69) is 0 Å². The summed E-state index contributed by atoms with van der Waals surface area (Å²) >= 11 is 0. The molecule has 9 aromatic carbocycles. The van der Waals surface area contributed by atoms with Gasteiger partial charge in [0.2, 0.25) is 0 Å². The SMILES string of the molecule is [2H]c1c([2H])c([2H])c(-c2ccc3c(ccc4c3oc3cccc(-c5c6c([2H])c([2H])c([2H])c([2H])c6c(-c6ccccc6-c6c([2H])c([2H])c([2H])c([2H])c6[2H])c6c([2H])c([2H])c([2H])c([2H])c56)c34)c2)c([2H])c1[2H]. The van der Waals surface area contributed by atoms with E-state index in [9.17, 15) is 5.48 Å². The molecule has 0 bridgehead atoms. The summed E-state index contributed by atoms with van der Waals surface area (Å²) in [4.78, 5) is 0. The molecule has 0 atom stereocenters. The van der Waals surface area contributed by atoms with Gasteiger partial charge in [-0.25, -0.2) is 0 Å². The van der Waals surface area contributed by atoms with Crippen LogP contribution < -0.4 is 0 Å². The van der Waals surface area contributed by atoms with Crippen LogP contribution in [-0.2, 0) is 0 Å². The number of hydrogen-bond acceptors (Lipinski definition) is 1. The van der Waals surface area contributed by atoms with Crippen molar-refractivity contribution in [2.45, 2.75) is 0 Å². The van der Waals surface area contributed by atoms with Crippen LogP contribution in [0, 0.1) is 0 Å². The number of rotatable bonds is 4. The summed E-state index contributed by atoms with van der Waals surface area (Å²) in [6.45, 7) is 0. The second-order valence-electron chi connectivity index (χ2n) is 11.5. The Morgan fingerprint density at radius 1 is 0.388 bits per heavy atom. The second kappa shape index (κ2) is 11.1. The van der Waals surface area contributed by atoms with E-state index in [1.54, 1.807) is 60.7 Å². The van der Waals surface area contributed by atoms with Crippen molar-refractivity contribution in [3.63, 3.8) is 0 Å². The predicted octanol–water partition coefficient (Wildman–Crippen LogP) is 13.7. The monoisotopic (exact) mass is 640 g/mol. The minimum Gasteiger partial charge on any atom is -0.455 e. The molecular formula is C48H30O. The molecular weight excluding hydrogens is 593 g/mol. The Morgan fingerprint density at radius 2 is 0.939 bits per heavy atom. The molecule has 1 heteroatoms. The third-order valence-corrected chi connectivity index (χ3v) is 8.88. The van der Waals surface area contributed by atoms with E-state index in [1.807, 2.05) is 0 Å². The van der Waals surface area contributed by atoms with Crippen LogP contribution in [0.1, 0.15) is 24.7 Å². The van der Waals surface area contributed by atoms with Gasteiger partial charge in [-0.3, -0.25) is 0 Å². The van der Waals surface area contributed by atoms with Crippen LogP contribution in [0.25, 0.3) is 98.8 Å². The van der Waals surface area contributed by atoms with Crippen molar-refractivity contribution in [1.29, 1.82) is 0 Å². The molecule has 10 rings (SSSR count). The van der Waals surface area contributed by atoms with E-state index in [1.165, 1.54) is 12.1 Å². The fraction of sp³-hybridized carbons (Fsp3) is 0. The summed E-state index contributed by atoms with van der Waals surface area (Å²) in [5.41, 5.74) is 1.25. The average molecular weight is 641 g/mol. The zero-order chi connectivity index (χ0) is 48.0. The van der Waals surface area contributed by atoms with Gasteiger partial charge in [0.25, 0.3) is 0 Å². The minimum absolute atomic E-state index is 0.0205. The standard InChI is InChI=1S/C48H30O/c1-3-14-31(15-4-1)33-26-28-36-34(30-33)27-29-43-47-42(24-13-25-44(47)49-48(36)43)46-40-22-11-9-20-38(40)45(39-21-10-12-23-41(39)46)37-19-8-7-18-35(37)32-16-5-2-6-17-32/h1-30H/i1D,2D,3D,4D,5D,6D,9D,10D,11D,12D,14D,15D,16D,17D,20D,21D,22D,23D.